The first-order valence-corrected chi connectivity index (χ1v) is 9.29. The molecule has 28 heavy (non-hydrogen) atoms. The number of fused-ring (bicyclic) bond motifs is 1. The van der Waals surface area contributed by atoms with Crippen LogP contribution in [-0.4, -0.2) is 33.2 Å². The summed E-state index contributed by atoms with van der Waals surface area (Å²) >= 11 is 1.27. The molecule has 0 saturated carbocycles. The van der Waals surface area contributed by atoms with Crippen LogP contribution in [0.15, 0.2) is 23.2 Å². The number of anilines is 2. The van der Waals surface area contributed by atoms with Crippen LogP contribution in [-0.2, 0) is 6.18 Å². The second-order valence-corrected chi connectivity index (χ2v) is 6.84. The Morgan fingerprint density at radius 1 is 1.29 bits per heavy atom. The van der Waals surface area contributed by atoms with E-state index in [2.05, 4.69) is 26.0 Å². The number of nitriles is 1. The number of benzene rings is 1. The summed E-state index contributed by atoms with van der Waals surface area (Å²) in [5.41, 5.74) is 5.96. The number of H-pyrrole nitrogens is 1. The number of halogens is 3. The lowest BCUT2D eigenvalue weighted by Crippen LogP contribution is -2.25. The van der Waals surface area contributed by atoms with Crippen LogP contribution in [0.25, 0.3) is 11.0 Å². The minimum Gasteiger partial charge on any atom is -0.368 e. The zero-order valence-electron chi connectivity index (χ0n) is 15.2. The first kappa shape index (κ1) is 19.8. The van der Waals surface area contributed by atoms with Gasteiger partial charge in [-0.2, -0.15) is 23.4 Å². The van der Waals surface area contributed by atoms with Crippen LogP contribution in [0.1, 0.15) is 29.9 Å². The molecule has 0 saturated heterocycles. The number of aromatic amines is 1. The SMILES string of the molecule is CSc1nc(N)nc(N(C)[C@@H](C)c2nc3ccc(C(F)(F)F)cc3[nH]2)c1C#N. The summed E-state index contributed by atoms with van der Waals surface area (Å²) in [6.07, 6.45) is -2.66. The topological polar surface area (TPSA) is 108 Å². The number of hydrogen-bond acceptors (Lipinski definition) is 7. The Labute approximate surface area is 162 Å². The van der Waals surface area contributed by atoms with E-state index >= 15 is 0 Å². The largest absolute Gasteiger partial charge is 0.416 e. The molecule has 0 bridgehead atoms. The number of thioether (sulfide) groups is 1. The van der Waals surface area contributed by atoms with Gasteiger partial charge in [-0.05, 0) is 31.4 Å². The smallest absolute Gasteiger partial charge is 0.368 e. The number of aromatic nitrogens is 4. The lowest BCUT2D eigenvalue weighted by molar-refractivity contribution is -0.137. The van der Waals surface area contributed by atoms with E-state index < -0.39 is 17.8 Å². The number of nitrogens with zero attached hydrogens (tertiary/aromatic N) is 5. The van der Waals surface area contributed by atoms with Crippen LogP contribution < -0.4 is 10.6 Å². The fourth-order valence-electron chi connectivity index (χ4n) is 2.72. The Kier molecular flexibility index (Phi) is 5.08. The molecule has 3 rings (SSSR count). The summed E-state index contributed by atoms with van der Waals surface area (Å²) in [5.74, 6) is 0.781. The van der Waals surface area contributed by atoms with Gasteiger partial charge in [0.25, 0.3) is 0 Å². The summed E-state index contributed by atoms with van der Waals surface area (Å²) in [5, 5.41) is 9.95. The molecule has 2 heterocycles. The summed E-state index contributed by atoms with van der Waals surface area (Å²) in [7, 11) is 1.70. The maximum Gasteiger partial charge on any atom is 0.416 e. The first-order valence-electron chi connectivity index (χ1n) is 8.07. The fourth-order valence-corrected chi connectivity index (χ4v) is 3.24. The van der Waals surface area contributed by atoms with Gasteiger partial charge in [0.1, 0.15) is 22.5 Å². The second-order valence-electron chi connectivity index (χ2n) is 6.04. The minimum absolute atomic E-state index is 0.0248. The number of nitrogens with one attached hydrogen (secondary N) is 1. The van der Waals surface area contributed by atoms with E-state index in [0.717, 1.165) is 12.1 Å². The average molecular weight is 407 g/mol. The van der Waals surface area contributed by atoms with Crippen LogP contribution in [0.5, 0.6) is 0 Å². The van der Waals surface area contributed by atoms with Crippen molar-refractivity contribution in [2.75, 3.05) is 23.9 Å². The van der Waals surface area contributed by atoms with Crippen molar-refractivity contribution in [1.29, 1.82) is 5.26 Å². The van der Waals surface area contributed by atoms with Gasteiger partial charge in [0, 0.05) is 7.05 Å². The molecule has 7 nitrogen and oxygen atoms in total. The molecule has 3 N–H and O–H groups in total. The Hall–Kier alpha value is -3.00. The van der Waals surface area contributed by atoms with Gasteiger partial charge >= 0.3 is 6.18 Å². The molecule has 0 fully saturated rings. The highest BCUT2D eigenvalue weighted by molar-refractivity contribution is 7.98. The van der Waals surface area contributed by atoms with Crippen LogP contribution in [0.4, 0.5) is 24.9 Å². The van der Waals surface area contributed by atoms with Crippen molar-refractivity contribution in [3.8, 4) is 6.07 Å². The normalized spacial score (nSPS) is 12.8. The number of nitrogen functional groups attached to an aromatic ring is 1. The summed E-state index contributed by atoms with van der Waals surface area (Å²) in [6.45, 7) is 1.79. The third kappa shape index (κ3) is 3.55. The van der Waals surface area contributed by atoms with E-state index in [1.807, 2.05) is 0 Å². The molecule has 146 valence electrons. The highest BCUT2D eigenvalue weighted by Gasteiger charge is 2.31. The number of imidazole rings is 1. The minimum atomic E-state index is -4.43. The molecular weight excluding hydrogens is 391 g/mol. The predicted molar refractivity (Wildman–Crippen MR) is 101 cm³/mol. The zero-order valence-corrected chi connectivity index (χ0v) is 16.0. The fraction of sp³-hybridized carbons (Fsp3) is 0.294. The molecule has 0 unspecified atom stereocenters. The highest BCUT2D eigenvalue weighted by atomic mass is 32.2. The van der Waals surface area contributed by atoms with E-state index in [9.17, 15) is 18.4 Å². The molecule has 1 atom stereocenters. The molecule has 0 spiro atoms. The third-order valence-electron chi connectivity index (χ3n) is 4.32. The van der Waals surface area contributed by atoms with Crippen molar-refractivity contribution < 1.29 is 13.2 Å². The number of rotatable bonds is 4. The monoisotopic (exact) mass is 407 g/mol. The molecule has 0 amide bonds. The number of alkyl halides is 3. The van der Waals surface area contributed by atoms with E-state index in [4.69, 9.17) is 5.73 Å². The highest BCUT2D eigenvalue weighted by Crippen LogP contribution is 2.33. The van der Waals surface area contributed by atoms with Gasteiger partial charge in [-0.15, -0.1) is 11.8 Å². The van der Waals surface area contributed by atoms with Crippen LogP contribution in [0.2, 0.25) is 0 Å². The number of hydrogen-bond donors (Lipinski definition) is 2. The zero-order chi connectivity index (χ0) is 20.6. The average Bonchev–Trinajstić information content (AvgIpc) is 3.08. The lowest BCUT2D eigenvalue weighted by atomic mass is 10.2. The van der Waals surface area contributed by atoms with Crippen molar-refractivity contribution in [1.82, 2.24) is 19.9 Å². The van der Waals surface area contributed by atoms with Gasteiger partial charge in [0.2, 0.25) is 5.95 Å². The maximum absolute atomic E-state index is 12.9. The Morgan fingerprint density at radius 3 is 2.61 bits per heavy atom. The number of nitrogens with two attached hydrogens (primary N) is 1. The molecular formula is C17H16F3N7S. The Morgan fingerprint density at radius 2 is 2.00 bits per heavy atom. The van der Waals surface area contributed by atoms with Crippen molar-refractivity contribution in [2.45, 2.75) is 24.2 Å². The third-order valence-corrected chi connectivity index (χ3v) is 5.00. The van der Waals surface area contributed by atoms with Gasteiger partial charge in [0.05, 0.1) is 22.6 Å². The van der Waals surface area contributed by atoms with Gasteiger partial charge in [-0.3, -0.25) is 0 Å². The van der Waals surface area contributed by atoms with Gasteiger partial charge in [-0.1, -0.05) is 0 Å². The molecule has 0 aliphatic heterocycles. The summed E-state index contributed by atoms with van der Waals surface area (Å²) < 4.78 is 38.8. The Bertz CT molecular complexity index is 1070. The van der Waals surface area contributed by atoms with E-state index in [1.165, 1.54) is 17.8 Å². The van der Waals surface area contributed by atoms with Crippen molar-refractivity contribution in [2.24, 2.45) is 0 Å². The predicted octanol–water partition coefficient (Wildman–Crippen LogP) is 3.74. The molecule has 0 radical (unpaired) electrons. The van der Waals surface area contributed by atoms with E-state index in [1.54, 1.807) is 25.1 Å². The van der Waals surface area contributed by atoms with Gasteiger partial charge in [0.15, 0.2) is 5.82 Å². The van der Waals surface area contributed by atoms with Crippen LogP contribution >= 0.6 is 11.8 Å². The van der Waals surface area contributed by atoms with Gasteiger partial charge < -0.3 is 15.6 Å². The van der Waals surface area contributed by atoms with E-state index in [0.29, 0.717) is 22.2 Å². The van der Waals surface area contributed by atoms with Crippen LogP contribution in [0.3, 0.4) is 0 Å². The lowest BCUT2D eigenvalue weighted by Gasteiger charge is -2.25. The quantitative estimate of drug-likeness (QED) is 0.501. The molecule has 3 aromatic rings. The first-order chi connectivity index (χ1) is 13.2. The van der Waals surface area contributed by atoms with Gasteiger partial charge in [-0.25, -0.2) is 9.97 Å². The maximum atomic E-state index is 12.9. The van der Waals surface area contributed by atoms with Crippen LogP contribution in [0, 0.1) is 11.3 Å². The second kappa shape index (κ2) is 7.20. The summed E-state index contributed by atoms with van der Waals surface area (Å²) in [4.78, 5) is 17.2. The Balaban J connectivity index is 2.01. The molecule has 0 aliphatic carbocycles. The molecule has 0 aliphatic rings. The van der Waals surface area contributed by atoms with Crippen molar-refractivity contribution in [3.05, 3.63) is 35.2 Å². The standard InChI is InChI=1S/C17H16F3N7S/c1-8(27(2)14-10(7-21)15(28-3)26-16(22)25-14)13-23-11-5-4-9(17(18,19)20)6-12(11)24-13/h4-6,8H,1-3H3,(H,23,24)(H2,22,25,26)/t8-/m0/s1. The van der Waals surface area contributed by atoms with Crippen molar-refractivity contribution in [3.63, 3.8) is 0 Å². The van der Waals surface area contributed by atoms with Crippen molar-refractivity contribution >= 4 is 34.6 Å². The van der Waals surface area contributed by atoms with E-state index in [-0.39, 0.29) is 17.0 Å². The molecule has 11 heteroatoms. The summed E-state index contributed by atoms with van der Waals surface area (Å²) in [6, 6.07) is 5.00. The molecule has 2 aromatic heterocycles. The molecule has 1 aromatic carbocycles.